The highest BCUT2D eigenvalue weighted by Gasteiger charge is 2.32. The first kappa shape index (κ1) is 21.1. The minimum absolute atomic E-state index is 0.107. The zero-order chi connectivity index (χ0) is 22.3. The Hall–Kier alpha value is -2.80. The van der Waals surface area contributed by atoms with Gasteiger partial charge in [0, 0.05) is 28.7 Å². The summed E-state index contributed by atoms with van der Waals surface area (Å²) in [5.74, 6) is 0.461. The van der Waals surface area contributed by atoms with Crippen LogP contribution in [0.2, 0.25) is 10.0 Å². The molecule has 0 N–H and O–H groups in total. The number of oxazole rings is 1. The summed E-state index contributed by atoms with van der Waals surface area (Å²) >= 11 is 12.0. The fourth-order valence-electron chi connectivity index (χ4n) is 3.78. The molecule has 0 unspecified atom stereocenters. The van der Waals surface area contributed by atoms with E-state index in [1.54, 1.807) is 36.4 Å². The quantitative estimate of drug-likeness (QED) is 0.353. The monoisotopic (exact) mass is 484 g/mol. The minimum atomic E-state index is -3.94. The van der Waals surface area contributed by atoms with E-state index >= 15 is 0 Å². The summed E-state index contributed by atoms with van der Waals surface area (Å²) in [7, 11) is -3.94. The van der Waals surface area contributed by atoms with Crippen LogP contribution in [0.1, 0.15) is 11.1 Å². The second-order valence-corrected chi connectivity index (χ2v) is 10.3. The number of hydrogen-bond donors (Lipinski definition) is 0. The molecule has 0 fully saturated rings. The summed E-state index contributed by atoms with van der Waals surface area (Å²) in [5, 5.41) is 0.921. The molecular weight excluding hydrogens is 467 g/mol. The summed E-state index contributed by atoms with van der Waals surface area (Å²) in [6.07, 6.45) is 0.785. The van der Waals surface area contributed by atoms with E-state index < -0.39 is 9.84 Å². The average molecular weight is 485 g/mol. The number of sulfone groups is 1. The second-order valence-electron chi connectivity index (χ2n) is 7.53. The molecule has 4 aromatic rings. The smallest absolute Gasteiger partial charge is 0.236 e. The Bertz CT molecular complexity index is 1380. The van der Waals surface area contributed by atoms with E-state index in [-0.39, 0.29) is 21.7 Å². The zero-order valence-electron chi connectivity index (χ0n) is 16.8. The Morgan fingerprint density at radius 2 is 1.47 bits per heavy atom. The number of aromatic nitrogens is 1. The molecule has 1 aliphatic rings. The van der Waals surface area contributed by atoms with Gasteiger partial charge in [0.25, 0.3) is 0 Å². The standard InChI is InChI=1S/C24H18Cl2N2O3S/c25-19-7-5-17(6-8-19)22-27-23(32(29,30)21-11-9-20(26)10-12-21)24(31-22)28-14-13-16-3-1-2-4-18(16)15-28/h1-12H,13-15H2. The number of nitrogens with zero attached hydrogens (tertiary/aromatic N) is 2. The van der Waals surface area contributed by atoms with Gasteiger partial charge in [0.2, 0.25) is 26.6 Å². The lowest BCUT2D eigenvalue weighted by Crippen LogP contribution is -2.31. The summed E-state index contributed by atoms with van der Waals surface area (Å²) in [6.45, 7) is 1.16. The van der Waals surface area contributed by atoms with Crippen molar-refractivity contribution in [2.45, 2.75) is 22.9 Å². The van der Waals surface area contributed by atoms with Crippen molar-refractivity contribution < 1.29 is 12.8 Å². The molecule has 2 heterocycles. The molecule has 1 aliphatic heterocycles. The Kier molecular flexibility index (Phi) is 5.45. The van der Waals surface area contributed by atoms with Gasteiger partial charge in [-0.1, -0.05) is 47.5 Å². The third-order valence-corrected chi connectivity index (χ3v) is 7.64. The Morgan fingerprint density at radius 3 is 2.16 bits per heavy atom. The van der Waals surface area contributed by atoms with E-state index in [0.29, 0.717) is 28.7 Å². The van der Waals surface area contributed by atoms with Crippen molar-refractivity contribution in [2.24, 2.45) is 0 Å². The number of rotatable bonds is 4. The molecule has 3 aromatic carbocycles. The van der Waals surface area contributed by atoms with Crippen molar-refractivity contribution >= 4 is 38.9 Å². The molecule has 0 amide bonds. The van der Waals surface area contributed by atoms with Gasteiger partial charge in [0.1, 0.15) is 0 Å². The van der Waals surface area contributed by atoms with E-state index in [4.69, 9.17) is 27.6 Å². The van der Waals surface area contributed by atoms with Gasteiger partial charge in [-0.05, 0) is 66.1 Å². The normalized spacial score (nSPS) is 13.8. The SMILES string of the molecule is O=S(=O)(c1ccc(Cl)cc1)c1nc(-c2ccc(Cl)cc2)oc1N1CCc2ccccc2C1. The van der Waals surface area contributed by atoms with Crippen LogP contribution in [0.3, 0.4) is 0 Å². The first-order valence-corrected chi connectivity index (χ1v) is 12.2. The fourth-order valence-corrected chi connectivity index (χ4v) is 5.36. The maximum absolute atomic E-state index is 13.5. The number of benzene rings is 3. The fraction of sp³-hybridized carbons (Fsp3) is 0.125. The Balaban J connectivity index is 1.63. The predicted molar refractivity (Wildman–Crippen MR) is 125 cm³/mol. The molecule has 0 bridgehead atoms. The molecule has 0 aliphatic carbocycles. The van der Waals surface area contributed by atoms with Gasteiger partial charge in [-0.3, -0.25) is 0 Å². The molecule has 5 rings (SSSR count). The number of hydrogen-bond acceptors (Lipinski definition) is 5. The number of anilines is 1. The van der Waals surface area contributed by atoms with Crippen LogP contribution in [-0.2, 0) is 22.8 Å². The van der Waals surface area contributed by atoms with Gasteiger partial charge in [-0.15, -0.1) is 0 Å². The highest BCUT2D eigenvalue weighted by molar-refractivity contribution is 7.91. The van der Waals surface area contributed by atoms with Crippen LogP contribution in [0, 0.1) is 0 Å². The number of halogens is 2. The van der Waals surface area contributed by atoms with Crippen LogP contribution < -0.4 is 4.90 Å². The lowest BCUT2D eigenvalue weighted by molar-refractivity contribution is 0.533. The maximum atomic E-state index is 13.5. The van der Waals surface area contributed by atoms with E-state index in [0.717, 1.165) is 12.0 Å². The van der Waals surface area contributed by atoms with Gasteiger partial charge in [0.15, 0.2) is 0 Å². The van der Waals surface area contributed by atoms with Gasteiger partial charge in [0.05, 0.1) is 4.90 Å². The van der Waals surface area contributed by atoms with Crippen molar-refractivity contribution in [3.05, 3.63) is 94.0 Å². The summed E-state index contributed by atoms with van der Waals surface area (Å²) in [6, 6.07) is 21.1. The van der Waals surface area contributed by atoms with Crippen LogP contribution in [0.25, 0.3) is 11.5 Å². The first-order chi connectivity index (χ1) is 15.4. The third kappa shape index (κ3) is 3.90. The second kappa shape index (κ2) is 8.28. The molecule has 0 spiro atoms. The highest BCUT2D eigenvalue weighted by atomic mass is 35.5. The molecule has 0 atom stereocenters. The van der Waals surface area contributed by atoms with Crippen molar-refractivity contribution in [3.63, 3.8) is 0 Å². The molecule has 32 heavy (non-hydrogen) atoms. The van der Waals surface area contributed by atoms with E-state index in [9.17, 15) is 8.42 Å². The Morgan fingerprint density at radius 1 is 0.844 bits per heavy atom. The van der Waals surface area contributed by atoms with E-state index in [1.165, 1.54) is 17.7 Å². The van der Waals surface area contributed by atoms with Crippen molar-refractivity contribution in [1.29, 1.82) is 0 Å². The molecule has 0 saturated heterocycles. The van der Waals surface area contributed by atoms with Crippen molar-refractivity contribution in [1.82, 2.24) is 4.98 Å². The molecule has 5 nitrogen and oxygen atoms in total. The largest absolute Gasteiger partial charge is 0.419 e. The molecular formula is C24H18Cl2N2O3S. The average Bonchev–Trinajstić information content (AvgIpc) is 3.26. The Labute approximate surface area is 196 Å². The van der Waals surface area contributed by atoms with Crippen LogP contribution in [-0.4, -0.2) is 19.9 Å². The summed E-state index contributed by atoms with van der Waals surface area (Å²) < 4.78 is 33.2. The first-order valence-electron chi connectivity index (χ1n) is 10.0. The van der Waals surface area contributed by atoms with Gasteiger partial charge < -0.3 is 9.32 Å². The predicted octanol–water partition coefficient (Wildman–Crippen LogP) is 6.04. The van der Waals surface area contributed by atoms with Gasteiger partial charge in [-0.2, -0.15) is 4.98 Å². The van der Waals surface area contributed by atoms with Gasteiger partial charge in [-0.25, -0.2) is 8.42 Å². The van der Waals surface area contributed by atoms with Crippen LogP contribution in [0.15, 0.2) is 87.1 Å². The molecule has 0 radical (unpaired) electrons. The topological polar surface area (TPSA) is 63.4 Å². The lowest BCUT2D eigenvalue weighted by atomic mass is 10.0. The van der Waals surface area contributed by atoms with Gasteiger partial charge >= 0.3 is 0 Å². The van der Waals surface area contributed by atoms with Crippen molar-refractivity contribution in [3.8, 4) is 11.5 Å². The maximum Gasteiger partial charge on any atom is 0.236 e. The molecule has 0 saturated carbocycles. The zero-order valence-corrected chi connectivity index (χ0v) is 19.2. The summed E-state index contributed by atoms with van der Waals surface area (Å²) in [4.78, 5) is 6.48. The molecule has 8 heteroatoms. The van der Waals surface area contributed by atoms with E-state index in [1.807, 2.05) is 23.1 Å². The van der Waals surface area contributed by atoms with Crippen LogP contribution >= 0.6 is 23.2 Å². The third-order valence-electron chi connectivity index (χ3n) is 5.47. The lowest BCUT2D eigenvalue weighted by Gasteiger charge is -2.28. The van der Waals surface area contributed by atoms with E-state index in [2.05, 4.69) is 11.1 Å². The minimum Gasteiger partial charge on any atom is -0.419 e. The highest BCUT2D eigenvalue weighted by Crippen LogP contribution is 2.37. The van der Waals surface area contributed by atoms with Crippen LogP contribution in [0.4, 0.5) is 5.88 Å². The van der Waals surface area contributed by atoms with Crippen molar-refractivity contribution in [2.75, 3.05) is 11.4 Å². The molecule has 162 valence electrons. The summed E-state index contributed by atoms with van der Waals surface area (Å²) in [5.41, 5.74) is 3.03. The molecule has 1 aromatic heterocycles. The van der Waals surface area contributed by atoms with Crippen LogP contribution in [0.5, 0.6) is 0 Å². The number of fused-ring (bicyclic) bond motifs is 1.